The van der Waals surface area contributed by atoms with Gasteiger partial charge in [-0.15, -0.1) is 0 Å². The van der Waals surface area contributed by atoms with Crippen LogP contribution in [-0.2, 0) is 14.3 Å². The summed E-state index contributed by atoms with van der Waals surface area (Å²) in [4.78, 5) is 11.0. The van der Waals surface area contributed by atoms with Gasteiger partial charge in [0, 0.05) is 12.7 Å². The molecular formula is C25H29NO4. The molecule has 0 aliphatic rings. The number of unbranched alkanes of at least 4 members (excludes halogenated alkanes) is 3. The first-order valence-corrected chi connectivity index (χ1v) is 10.3. The Hall–Kier alpha value is -3.10. The first-order chi connectivity index (χ1) is 14.6. The molecule has 0 unspecified atom stereocenters. The van der Waals surface area contributed by atoms with Crippen molar-refractivity contribution in [2.24, 2.45) is 0 Å². The van der Waals surface area contributed by atoms with Crippen LogP contribution < -0.4 is 4.74 Å². The van der Waals surface area contributed by atoms with Crippen LogP contribution >= 0.6 is 0 Å². The number of nitriles is 1. The Balaban J connectivity index is 1.54. The van der Waals surface area contributed by atoms with Crippen molar-refractivity contribution in [2.45, 2.75) is 38.7 Å². The maximum atomic E-state index is 11.0. The first kappa shape index (κ1) is 23.2. The van der Waals surface area contributed by atoms with Crippen LogP contribution in [0.15, 0.2) is 61.2 Å². The van der Waals surface area contributed by atoms with Gasteiger partial charge in [-0.2, -0.15) is 5.26 Å². The van der Waals surface area contributed by atoms with E-state index in [-0.39, 0.29) is 6.10 Å². The molecule has 30 heavy (non-hydrogen) atoms. The lowest BCUT2D eigenvalue weighted by molar-refractivity contribution is -0.144. The Morgan fingerprint density at radius 3 is 2.20 bits per heavy atom. The Labute approximate surface area is 178 Å². The minimum Gasteiger partial charge on any atom is -0.494 e. The molecule has 5 heteroatoms. The zero-order chi connectivity index (χ0) is 21.6. The third-order valence-electron chi connectivity index (χ3n) is 4.49. The average Bonchev–Trinajstić information content (AvgIpc) is 2.78. The lowest BCUT2D eigenvalue weighted by Gasteiger charge is -2.12. The molecule has 1 atom stereocenters. The normalized spacial score (nSPS) is 11.3. The van der Waals surface area contributed by atoms with Gasteiger partial charge in [-0.3, -0.25) is 0 Å². The molecule has 0 saturated carbocycles. The van der Waals surface area contributed by atoms with Crippen molar-refractivity contribution in [1.82, 2.24) is 0 Å². The van der Waals surface area contributed by atoms with Gasteiger partial charge in [0.25, 0.3) is 0 Å². The summed E-state index contributed by atoms with van der Waals surface area (Å²) in [5, 5.41) is 8.87. The number of hydrogen-bond donors (Lipinski definition) is 0. The highest BCUT2D eigenvalue weighted by Crippen LogP contribution is 2.23. The van der Waals surface area contributed by atoms with Crippen LogP contribution in [0.2, 0.25) is 0 Å². The molecule has 2 aromatic rings. The van der Waals surface area contributed by atoms with E-state index >= 15 is 0 Å². The van der Waals surface area contributed by atoms with Crippen LogP contribution in [0.4, 0.5) is 0 Å². The number of carbonyl (C=O) groups excluding carboxylic acids is 1. The highest BCUT2D eigenvalue weighted by Gasteiger charge is 2.06. The van der Waals surface area contributed by atoms with Crippen molar-refractivity contribution in [2.75, 3.05) is 19.8 Å². The Bertz CT molecular complexity index is 822. The zero-order valence-corrected chi connectivity index (χ0v) is 17.5. The molecule has 0 fully saturated rings. The molecule has 2 rings (SSSR count). The van der Waals surface area contributed by atoms with Crippen molar-refractivity contribution in [3.8, 4) is 22.9 Å². The van der Waals surface area contributed by atoms with Crippen molar-refractivity contribution in [3.05, 3.63) is 66.7 Å². The van der Waals surface area contributed by atoms with Gasteiger partial charge < -0.3 is 14.2 Å². The molecule has 0 aromatic heterocycles. The maximum absolute atomic E-state index is 11.0. The predicted octanol–water partition coefficient (Wildman–Crippen LogP) is 5.30. The average molecular weight is 408 g/mol. The summed E-state index contributed by atoms with van der Waals surface area (Å²) >= 11 is 0. The summed E-state index contributed by atoms with van der Waals surface area (Å²) in [6, 6.07) is 17.7. The number of ether oxygens (including phenoxy) is 3. The monoisotopic (exact) mass is 407 g/mol. The van der Waals surface area contributed by atoms with Gasteiger partial charge in [0.1, 0.15) is 11.9 Å². The third-order valence-corrected chi connectivity index (χ3v) is 4.49. The number of nitrogens with zero attached hydrogens (tertiary/aromatic N) is 1. The molecule has 158 valence electrons. The summed E-state index contributed by atoms with van der Waals surface area (Å²) in [7, 11) is 0. The van der Waals surface area contributed by atoms with Crippen LogP contribution in [0.1, 0.15) is 38.2 Å². The van der Waals surface area contributed by atoms with Gasteiger partial charge in [0.2, 0.25) is 0 Å². The van der Waals surface area contributed by atoms with Gasteiger partial charge in [-0.25, -0.2) is 4.79 Å². The van der Waals surface area contributed by atoms with E-state index in [1.807, 2.05) is 48.5 Å². The van der Waals surface area contributed by atoms with Crippen molar-refractivity contribution in [3.63, 3.8) is 0 Å². The predicted molar refractivity (Wildman–Crippen MR) is 117 cm³/mol. The number of hydrogen-bond acceptors (Lipinski definition) is 5. The smallest absolute Gasteiger partial charge is 0.330 e. The van der Waals surface area contributed by atoms with Crippen LogP contribution in [-0.4, -0.2) is 31.9 Å². The minimum atomic E-state index is -0.421. The van der Waals surface area contributed by atoms with Gasteiger partial charge in [0.15, 0.2) is 0 Å². The molecule has 2 aromatic carbocycles. The Morgan fingerprint density at radius 2 is 1.60 bits per heavy atom. The van der Waals surface area contributed by atoms with Gasteiger partial charge in [-0.1, -0.05) is 37.3 Å². The Kier molecular flexibility index (Phi) is 10.2. The van der Waals surface area contributed by atoms with Gasteiger partial charge in [-0.05, 0) is 61.6 Å². The fourth-order valence-electron chi connectivity index (χ4n) is 2.86. The fraction of sp³-hybridized carbons (Fsp3) is 0.360. The standard InChI is InChI=1S/C25H29NO4/c1-3-25(27)30-20(2)19-28-16-6-4-5-7-17-29-24-14-12-23(13-15-24)22-10-8-21(18-26)9-11-22/h3,8-15,20H,1,4-7,16-17,19H2,2H3/t20-/m0/s1. The summed E-state index contributed by atoms with van der Waals surface area (Å²) in [6.45, 7) is 6.92. The topological polar surface area (TPSA) is 68.6 Å². The second-order valence-electron chi connectivity index (χ2n) is 7.00. The van der Waals surface area contributed by atoms with Gasteiger partial charge in [0.05, 0.1) is 24.8 Å². The summed E-state index contributed by atoms with van der Waals surface area (Å²) in [5.41, 5.74) is 2.84. The van der Waals surface area contributed by atoms with Crippen molar-refractivity contribution in [1.29, 1.82) is 5.26 Å². The summed E-state index contributed by atoms with van der Waals surface area (Å²) in [6.07, 6.45) is 5.01. The third kappa shape index (κ3) is 8.50. The maximum Gasteiger partial charge on any atom is 0.330 e. The minimum absolute atomic E-state index is 0.257. The van der Waals surface area contributed by atoms with E-state index in [0.717, 1.165) is 48.6 Å². The number of carbonyl (C=O) groups is 1. The first-order valence-electron chi connectivity index (χ1n) is 10.3. The van der Waals surface area contributed by atoms with E-state index in [9.17, 15) is 4.79 Å². The lowest BCUT2D eigenvalue weighted by Crippen LogP contribution is -2.19. The molecule has 0 bridgehead atoms. The SMILES string of the molecule is C=CC(=O)O[C@@H](C)COCCCCCCOc1ccc(-c2ccc(C#N)cc2)cc1. The van der Waals surface area contributed by atoms with E-state index in [1.54, 1.807) is 6.92 Å². The molecule has 0 spiro atoms. The number of benzene rings is 2. The fourth-order valence-corrected chi connectivity index (χ4v) is 2.86. The number of esters is 1. The zero-order valence-electron chi connectivity index (χ0n) is 17.5. The largest absolute Gasteiger partial charge is 0.494 e. The molecule has 0 aliphatic carbocycles. The number of rotatable bonds is 13. The van der Waals surface area contributed by atoms with E-state index in [0.29, 0.717) is 25.4 Å². The second-order valence-corrected chi connectivity index (χ2v) is 7.00. The highest BCUT2D eigenvalue weighted by atomic mass is 16.6. The molecular weight excluding hydrogens is 378 g/mol. The van der Waals surface area contributed by atoms with E-state index in [1.165, 1.54) is 0 Å². The van der Waals surface area contributed by atoms with Crippen molar-refractivity contribution >= 4 is 5.97 Å². The van der Waals surface area contributed by atoms with Crippen LogP contribution in [0.3, 0.4) is 0 Å². The quantitative estimate of drug-likeness (QED) is 0.256. The van der Waals surface area contributed by atoms with Crippen LogP contribution in [0.25, 0.3) is 11.1 Å². The second kappa shape index (κ2) is 13.2. The molecule has 0 heterocycles. The van der Waals surface area contributed by atoms with E-state index < -0.39 is 5.97 Å². The molecule has 5 nitrogen and oxygen atoms in total. The van der Waals surface area contributed by atoms with Gasteiger partial charge >= 0.3 is 5.97 Å². The van der Waals surface area contributed by atoms with Crippen LogP contribution in [0.5, 0.6) is 5.75 Å². The molecule has 0 aliphatic heterocycles. The highest BCUT2D eigenvalue weighted by molar-refractivity contribution is 5.81. The summed E-state index contributed by atoms with van der Waals surface area (Å²) < 4.78 is 16.4. The summed E-state index contributed by atoms with van der Waals surface area (Å²) in [5.74, 6) is 0.439. The van der Waals surface area contributed by atoms with E-state index in [4.69, 9.17) is 19.5 Å². The van der Waals surface area contributed by atoms with Crippen molar-refractivity contribution < 1.29 is 19.0 Å². The molecule has 0 radical (unpaired) electrons. The molecule has 0 amide bonds. The molecule has 0 N–H and O–H groups in total. The molecule has 0 saturated heterocycles. The lowest BCUT2D eigenvalue weighted by atomic mass is 10.0. The van der Waals surface area contributed by atoms with Crippen LogP contribution in [0, 0.1) is 11.3 Å². The van der Waals surface area contributed by atoms with E-state index in [2.05, 4.69) is 12.6 Å². The Morgan fingerprint density at radius 1 is 1.00 bits per heavy atom.